The Kier molecular flexibility index (Phi) is 2.64. The number of rotatable bonds is 1. The fourth-order valence-electron chi connectivity index (χ4n) is 4.07. The molecule has 0 atom stereocenters. The van der Waals surface area contributed by atoms with Gasteiger partial charge in [0.1, 0.15) is 0 Å². The summed E-state index contributed by atoms with van der Waals surface area (Å²) in [5, 5.41) is 5.10. The lowest BCUT2D eigenvalue weighted by atomic mass is 10.0. The molecule has 2 N–H and O–H groups in total. The van der Waals surface area contributed by atoms with E-state index in [-0.39, 0.29) is 0 Å². The normalized spacial score (nSPS) is 11.8. The highest BCUT2D eigenvalue weighted by atomic mass is 14.7. The zero-order valence-corrected chi connectivity index (χ0v) is 14.1. The molecule has 2 heteroatoms. The summed E-state index contributed by atoms with van der Waals surface area (Å²) >= 11 is 0. The zero-order chi connectivity index (χ0) is 17.1. The van der Waals surface area contributed by atoms with Gasteiger partial charge in [0, 0.05) is 43.6 Å². The van der Waals surface area contributed by atoms with Gasteiger partial charge >= 0.3 is 0 Å². The number of para-hydroxylation sites is 2. The van der Waals surface area contributed by atoms with E-state index in [2.05, 4.69) is 94.9 Å². The van der Waals surface area contributed by atoms with E-state index < -0.39 is 0 Å². The van der Waals surface area contributed by atoms with Gasteiger partial charge < -0.3 is 9.97 Å². The Morgan fingerprint density at radius 1 is 0.385 bits per heavy atom. The third-order valence-corrected chi connectivity index (χ3v) is 5.35. The molecule has 0 aliphatic heterocycles. The lowest BCUT2D eigenvalue weighted by Gasteiger charge is -2.03. The Labute approximate surface area is 150 Å². The average molecular weight is 332 g/mol. The molecular weight excluding hydrogens is 316 g/mol. The van der Waals surface area contributed by atoms with Gasteiger partial charge in [0.15, 0.2) is 0 Å². The Balaban J connectivity index is 1.57. The molecule has 2 nitrogen and oxygen atoms in total. The molecule has 0 unspecified atom stereocenters. The standard InChI is InChI=1S/C24H16N2/c1-3-7-21-17(5-1)19-11-9-15(13-23(19)25-21)16-10-12-20-18-6-2-4-8-22(18)26-24(20)14-16/h1-14,25-26H. The Bertz CT molecular complexity index is 1320. The highest BCUT2D eigenvalue weighted by molar-refractivity contribution is 6.10. The van der Waals surface area contributed by atoms with Crippen molar-refractivity contribution in [3.63, 3.8) is 0 Å². The first-order valence-corrected chi connectivity index (χ1v) is 8.88. The summed E-state index contributed by atoms with van der Waals surface area (Å²) in [4.78, 5) is 7.08. The fraction of sp³-hybridized carbons (Fsp3) is 0. The number of benzene rings is 4. The number of hydrogen-bond donors (Lipinski definition) is 2. The van der Waals surface area contributed by atoms with Crippen molar-refractivity contribution in [2.75, 3.05) is 0 Å². The van der Waals surface area contributed by atoms with Crippen molar-refractivity contribution in [2.24, 2.45) is 0 Å². The zero-order valence-electron chi connectivity index (χ0n) is 14.1. The van der Waals surface area contributed by atoms with Crippen LogP contribution in [0.5, 0.6) is 0 Å². The number of nitrogens with one attached hydrogen (secondary N) is 2. The molecule has 26 heavy (non-hydrogen) atoms. The summed E-state index contributed by atoms with van der Waals surface area (Å²) in [7, 11) is 0. The number of fused-ring (bicyclic) bond motifs is 6. The number of hydrogen-bond acceptors (Lipinski definition) is 0. The van der Waals surface area contributed by atoms with Gasteiger partial charge in [0.25, 0.3) is 0 Å². The Morgan fingerprint density at radius 2 is 0.808 bits per heavy atom. The van der Waals surface area contributed by atoms with Gasteiger partial charge in [-0.3, -0.25) is 0 Å². The second-order valence-corrected chi connectivity index (χ2v) is 6.86. The van der Waals surface area contributed by atoms with Gasteiger partial charge in [-0.05, 0) is 35.4 Å². The van der Waals surface area contributed by atoms with Crippen LogP contribution in [0.2, 0.25) is 0 Å². The monoisotopic (exact) mass is 332 g/mol. The molecular formula is C24H16N2. The maximum Gasteiger partial charge on any atom is 0.0471 e. The van der Waals surface area contributed by atoms with Crippen LogP contribution in [0.1, 0.15) is 0 Å². The number of H-pyrrole nitrogens is 2. The van der Waals surface area contributed by atoms with Crippen LogP contribution in [-0.2, 0) is 0 Å². The molecule has 122 valence electrons. The summed E-state index contributed by atoms with van der Waals surface area (Å²) in [6, 6.07) is 30.3. The maximum atomic E-state index is 3.54. The third-order valence-electron chi connectivity index (χ3n) is 5.35. The molecule has 0 aliphatic carbocycles. The summed E-state index contributed by atoms with van der Waals surface area (Å²) < 4.78 is 0. The van der Waals surface area contributed by atoms with E-state index in [1.807, 2.05) is 0 Å². The summed E-state index contributed by atoms with van der Waals surface area (Å²) in [5.74, 6) is 0. The first-order valence-electron chi connectivity index (χ1n) is 8.88. The van der Waals surface area contributed by atoms with Gasteiger partial charge in [-0.2, -0.15) is 0 Å². The van der Waals surface area contributed by atoms with Crippen molar-refractivity contribution in [3.8, 4) is 11.1 Å². The molecule has 0 aliphatic rings. The van der Waals surface area contributed by atoms with Crippen molar-refractivity contribution in [3.05, 3.63) is 84.9 Å². The second-order valence-electron chi connectivity index (χ2n) is 6.86. The molecule has 2 heterocycles. The minimum atomic E-state index is 1.18. The first kappa shape index (κ1) is 13.7. The molecule has 0 fully saturated rings. The van der Waals surface area contributed by atoms with E-state index in [1.165, 1.54) is 54.7 Å². The van der Waals surface area contributed by atoms with Gasteiger partial charge in [-0.25, -0.2) is 0 Å². The molecule has 0 bridgehead atoms. The molecule has 0 amide bonds. The van der Waals surface area contributed by atoms with E-state index in [4.69, 9.17) is 0 Å². The highest BCUT2D eigenvalue weighted by Crippen LogP contribution is 2.32. The highest BCUT2D eigenvalue weighted by Gasteiger charge is 2.08. The lowest BCUT2D eigenvalue weighted by Crippen LogP contribution is -1.79. The molecule has 6 aromatic rings. The van der Waals surface area contributed by atoms with Crippen LogP contribution in [0, 0.1) is 0 Å². The van der Waals surface area contributed by atoms with E-state index in [1.54, 1.807) is 0 Å². The molecule has 0 radical (unpaired) electrons. The van der Waals surface area contributed by atoms with E-state index >= 15 is 0 Å². The van der Waals surface area contributed by atoms with Crippen LogP contribution in [0.15, 0.2) is 84.9 Å². The Morgan fingerprint density at radius 3 is 1.31 bits per heavy atom. The van der Waals surface area contributed by atoms with Crippen molar-refractivity contribution in [1.29, 1.82) is 0 Å². The SMILES string of the molecule is c1ccc2c(c1)[nH]c1cc(-c3ccc4c(c3)[nH]c3ccccc34)ccc12. The maximum absolute atomic E-state index is 3.54. The summed E-state index contributed by atoms with van der Waals surface area (Å²) in [6.07, 6.45) is 0. The third kappa shape index (κ3) is 1.87. The van der Waals surface area contributed by atoms with Gasteiger partial charge in [-0.15, -0.1) is 0 Å². The predicted octanol–water partition coefficient (Wildman–Crippen LogP) is 6.62. The van der Waals surface area contributed by atoms with Gasteiger partial charge in [0.2, 0.25) is 0 Å². The van der Waals surface area contributed by atoms with E-state index in [0.717, 1.165) is 0 Å². The van der Waals surface area contributed by atoms with Crippen molar-refractivity contribution in [1.82, 2.24) is 9.97 Å². The van der Waals surface area contributed by atoms with Crippen LogP contribution in [0.4, 0.5) is 0 Å². The van der Waals surface area contributed by atoms with Crippen LogP contribution in [-0.4, -0.2) is 9.97 Å². The van der Waals surface area contributed by atoms with Gasteiger partial charge in [0.05, 0.1) is 0 Å². The van der Waals surface area contributed by atoms with Gasteiger partial charge in [-0.1, -0.05) is 60.7 Å². The molecule has 4 aromatic carbocycles. The fourth-order valence-corrected chi connectivity index (χ4v) is 4.07. The average Bonchev–Trinajstić information content (AvgIpc) is 3.24. The second kappa shape index (κ2) is 4.99. The molecule has 0 spiro atoms. The topological polar surface area (TPSA) is 31.6 Å². The predicted molar refractivity (Wildman–Crippen MR) is 111 cm³/mol. The quantitative estimate of drug-likeness (QED) is 0.339. The van der Waals surface area contributed by atoms with Crippen LogP contribution in [0.3, 0.4) is 0 Å². The largest absolute Gasteiger partial charge is 0.354 e. The van der Waals surface area contributed by atoms with E-state index in [0.29, 0.717) is 0 Å². The van der Waals surface area contributed by atoms with Crippen LogP contribution < -0.4 is 0 Å². The van der Waals surface area contributed by atoms with Crippen LogP contribution in [0.25, 0.3) is 54.7 Å². The Hall–Kier alpha value is -3.52. The number of aromatic nitrogens is 2. The minimum Gasteiger partial charge on any atom is -0.354 e. The minimum absolute atomic E-state index is 1.18. The van der Waals surface area contributed by atoms with Crippen LogP contribution >= 0.6 is 0 Å². The molecule has 2 aromatic heterocycles. The van der Waals surface area contributed by atoms with E-state index in [9.17, 15) is 0 Å². The molecule has 6 rings (SSSR count). The number of aromatic amines is 2. The van der Waals surface area contributed by atoms with Crippen molar-refractivity contribution >= 4 is 43.6 Å². The first-order chi connectivity index (χ1) is 12.9. The summed E-state index contributed by atoms with van der Waals surface area (Å²) in [5.41, 5.74) is 7.19. The molecule has 0 saturated carbocycles. The smallest absolute Gasteiger partial charge is 0.0471 e. The van der Waals surface area contributed by atoms with Crippen molar-refractivity contribution in [2.45, 2.75) is 0 Å². The summed E-state index contributed by atoms with van der Waals surface area (Å²) in [6.45, 7) is 0. The lowest BCUT2D eigenvalue weighted by molar-refractivity contribution is 1.53. The van der Waals surface area contributed by atoms with Crippen molar-refractivity contribution < 1.29 is 0 Å². The molecule has 0 saturated heterocycles.